The number of ether oxygens (including phenoxy) is 4. The summed E-state index contributed by atoms with van der Waals surface area (Å²) in [6.07, 6.45) is 3.72. The summed E-state index contributed by atoms with van der Waals surface area (Å²) in [4.78, 5) is 26.4. The quantitative estimate of drug-likeness (QED) is 0.632. The van der Waals surface area contributed by atoms with Gasteiger partial charge in [0, 0.05) is 18.5 Å². The maximum Gasteiger partial charge on any atom is 0.306 e. The van der Waals surface area contributed by atoms with Gasteiger partial charge >= 0.3 is 5.97 Å². The van der Waals surface area contributed by atoms with E-state index in [1.54, 1.807) is 33.5 Å². The first kappa shape index (κ1) is 21.9. The van der Waals surface area contributed by atoms with E-state index in [0.29, 0.717) is 23.7 Å². The summed E-state index contributed by atoms with van der Waals surface area (Å²) in [5.41, 5.74) is 0.857. The number of carbonyl (C=O) groups excluding carboxylic acids is 2. The summed E-state index contributed by atoms with van der Waals surface area (Å²) in [6, 6.07) is 3.98. The van der Waals surface area contributed by atoms with Crippen LogP contribution in [0.1, 0.15) is 45.1 Å². The van der Waals surface area contributed by atoms with Crippen LogP contribution < -0.4 is 14.2 Å². The molecule has 0 saturated carbocycles. The molecule has 0 aliphatic carbocycles. The number of carbonyl (C=O) groups is 2. The van der Waals surface area contributed by atoms with Crippen LogP contribution in [0.4, 0.5) is 0 Å². The number of methoxy groups -OCH3 is 3. The summed E-state index contributed by atoms with van der Waals surface area (Å²) in [5, 5.41) is 0. The van der Waals surface area contributed by atoms with Crippen molar-refractivity contribution in [2.24, 2.45) is 0 Å². The van der Waals surface area contributed by atoms with Crippen molar-refractivity contribution in [2.45, 2.75) is 58.0 Å². The van der Waals surface area contributed by atoms with Crippen LogP contribution in [-0.4, -0.2) is 56.8 Å². The third-order valence-electron chi connectivity index (χ3n) is 5.18. The average Bonchev–Trinajstić information content (AvgIpc) is 2.69. The molecule has 28 heavy (non-hydrogen) atoms. The van der Waals surface area contributed by atoms with Crippen LogP contribution in [-0.2, 0) is 20.7 Å². The van der Waals surface area contributed by atoms with Crippen LogP contribution in [0.5, 0.6) is 17.2 Å². The van der Waals surface area contributed by atoms with Crippen molar-refractivity contribution in [3.8, 4) is 17.2 Å². The van der Waals surface area contributed by atoms with Gasteiger partial charge in [-0.25, -0.2) is 0 Å². The summed E-state index contributed by atoms with van der Waals surface area (Å²) in [6.45, 7) is 3.88. The number of nitrogens with zero attached hydrogens (tertiary/aromatic N) is 1. The number of rotatable bonds is 8. The van der Waals surface area contributed by atoms with Gasteiger partial charge in [0.1, 0.15) is 0 Å². The first-order valence-corrected chi connectivity index (χ1v) is 9.66. The molecule has 2 rings (SSSR count). The highest BCUT2D eigenvalue weighted by molar-refractivity contribution is 5.81. The van der Waals surface area contributed by atoms with Gasteiger partial charge in [-0.15, -0.1) is 0 Å². The Morgan fingerprint density at radius 3 is 2.07 bits per heavy atom. The van der Waals surface area contributed by atoms with E-state index < -0.39 is 5.97 Å². The van der Waals surface area contributed by atoms with E-state index in [-0.39, 0.29) is 31.0 Å². The Bertz CT molecular complexity index is 654. The molecule has 0 aromatic heterocycles. The predicted molar refractivity (Wildman–Crippen MR) is 105 cm³/mol. The number of likely N-dealkylation sites (tertiary alicyclic amines) is 1. The van der Waals surface area contributed by atoms with Gasteiger partial charge in [-0.3, -0.25) is 9.59 Å². The Balaban J connectivity index is 1.89. The Labute approximate surface area is 166 Å². The lowest BCUT2D eigenvalue weighted by Gasteiger charge is -2.38. The van der Waals surface area contributed by atoms with E-state index in [9.17, 15) is 9.59 Å². The minimum atomic E-state index is -0.403. The summed E-state index contributed by atoms with van der Waals surface area (Å²) in [7, 11) is 4.63. The Hall–Kier alpha value is -2.44. The van der Waals surface area contributed by atoms with Gasteiger partial charge in [-0.05, 0) is 57.2 Å². The van der Waals surface area contributed by atoms with Crippen molar-refractivity contribution in [2.75, 3.05) is 27.9 Å². The molecule has 1 aliphatic rings. The van der Waals surface area contributed by atoms with E-state index in [0.717, 1.165) is 24.8 Å². The minimum absolute atomic E-state index is 0.124. The van der Waals surface area contributed by atoms with E-state index in [2.05, 4.69) is 0 Å². The molecule has 1 fully saturated rings. The maximum atomic E-state index is 12.4. The molecular formula is C21H31NO6. The highest BCUT2D eigenvalue weighted by atomic mass is 16.5. The van der Waals surface area contributed by atoms with Crippen LogP contribution >= 0.6 is 0 Å². The fraction of sp³-hybridized carbons (Fsp3) is 0.619. The standard InChI is InChI=1S/C21H31NO6/c1-14-7-6-8-15(2)22(14)19(23)13-28-20(24)10-9-16-11-17(25-3)21(27-5)18(12-16)26-4/h11-12,14-15H,6-10,13H2,1-5H3/t14-,15-/m1/s1. The van der Waals surface area contributed by atoms with Gasteiger partial charge in [0.15, 0.2) is 18.1 Å². The van der Waals surface area contributed by atoms with Crippen molar-refractivity contribution in [3.63, 3.8) is 0 Å². The molecule has 1 aromatic carbocycles. The van der Waals surface area contributed by atoms with Gasteiger partial charge < -0.3 is 23.8 Å². The molecule has 7 heteroatoms. The predicted octanol–water partition coefficient (Wildman–Crippen LogP) is 2.98. The topological polar surface area (TPSA) is 74.3 Å². The lowest BCUT2D eigenvalue weighted by molar-refractivity contribution is -0.154. The number of esters is 1. The van der Waals surface area contributed by atoms with Gasteiger partial charge in [0.25, 0.3) is 5.91 Å². The number of piperidine rings is 1. The van der Waals surface area contributed by atoms with Crippen molar-refractivity contribution in [1.82, 2.24) is 4.90 Å². The number of hydrogen-bond acceptors (Lipinski definition) is 6. The molecule has 0 unspecified atom stereocenters. The monoisotopic (exact) mass is 393 g/mol. The summed E-state index contributed by atoms with van der Waals surface area (Å²) in [5.74, 6) is 1.05. The second-order valence-electron chi connectivity index (χ2n) is 7.12. The Morgan fingerprint density at radius 2 is 1.57 bits per heavy atom. The smallest absolute Gasteiger partial charge is 0.306 e. The second kappa shape index (κ2) is 10.2. The van der Waals surface area contributed by atoms with Crippen molar-refractivity contribution < 1.29 is 28.5 Å². The number of amides is 1. The molecule has 1 aromatic rings. The lowest BCUT2D eigenvalue weighted by Crippen LogP contribution is -2.49. The molecule has 1 aliphatic heterocycles. The zero-order valence-electron chi connectivity index (χ0n) is 17.4. The molecule has 1 saturated heterocycles. The van der Waals surface area contributed by atoms with Crippen LogP contribution in [0.3, 0.4) is 0 Å². The van der Waals surface area contributed by atoms with Gasteiger partial charge in [0.05, 0.1) is 21.3 Å². The van der Waals surface area contributed by atoms with Gasteiger partial charge in [-0.1, -0.05) is 0 Å². The molecule has 156 valence electrons. The van der Waals surface area contributed by atoms with Crippen molar-refractivity contribution in [3.05, 3.63) is 17.7 Å². The number of benzene rings is 1. The SMILES string of the molecule is COc1cc(CCC(=O)OCC(=O)N2[C@H](C)CCC[C@H]2C)cc(OC)c1OC. The molecule has 1 heterocycles. The summed E-state index contributed by atoms with van der Waals surface area (Å²) < 4.78 is 21.2. The Morgan fingerprint density at radius 1 is 1.00 bits per heavy atom. The zero-order valence-corrected chi connectivity index (χ0v) is 17.4. The molecule has 7 nitrogen and oxygen atoms in total. The fourth-order valence-corrected chi connectivity index (χ4v) is 3.73. The zero-order chi connectivity index (χ0) is 20.7. The number of hydrogen-bond donors (Lipinski definition) is 0. The van der Waals surface area contributed by atoms with E-state index >= 15 is 0 Å². The van der Waals surface area contributed by atoms with Crippen LogP contribution in [0.25, 0.3) is 0 Å². The van der Waals surface area contributed by atoms with E-state index in [1.165, 1.54) is 0 Å². The molecule has 0 N–H and O–H groups in total. The first-order valence-electron chi connectivity index (χ1n) is 9.66. The largest absolute Gasteiger partial charge is 0.493 e. The normalized spacial score (nSPS) is 19.1. The first-order chi connectivity index (χ1) is 13.4. The third kappa shape index (κ3) is 5.30. The maximum absolute atomic E-state index is 12.4. The van der Waals surface area contributed by atoms with Crippen LogP contribution in [0.2, 0.25) is 0 Å². The van der Waals surface area contributed by atoms with Crippen LogP contribution in [0.15, 0.2) is 12.1 Å². The molecule has 0 spiro atoms. The van der Waals surface area contributed by atoms with Crippen molar-refractivity contribution >= 4 is 11.9 Å². The van der Waals surface area contributed by atoms with Gasteiger partial charge in [0.2, 0.25) is 5.75 Å². The van der Waals surface area contributed by atoms with E-state index in [4.69, 9.17) is 18.9 Å². The van der Waals surface area contributed by atoms with E-state index in [1.807, 2.05) is 18.7 Å². The lowest BCUT2D eigenvalue weighted by atomic mass is 9.97. The molecule has 0 bridgehead atoms. The molecule has 2 atom stereocenters. The number of aryl methyl sites for hydroxylation is 1. The fourth-order valence-electron chi connectivity index (χ4n) is 3.73. The molecule has 0 radical (unpaired) electrons. The molecular weight excluding hydrogens is 362 g/mol. The second-order valence-corrected chi connectivity index (χ2v) is 7.12. The molecule has 1 amide bonds. The third-order valence-corrected chi connectivity index (χ3v) is 5.18. The van der Waals surface area contributed by atoms with Crippen LogP contribution in [0, 0.1) is 0 Å². The highest BCUT2D eigenvalue weighted by Gasteiger charge is 2.29. The summed E-state index contributed by atoms with van der Waals surface area (Å²) >= 11 is 0. The average molecular weight is 393 g/mol. The van der Waals surface area contributed by atoms with Crippen molar-refractivity contribution in [1.29, 1.82) is 0 Å². The Kier molecular flexibility index (Phi) is 7.96. The highest BCUT2D eigenvalue weighted by Crippen LogP contribution is 2.38. The van der Waals surface area contributed by atoms with Gasteiger partial charge in [-0.2, -0.15) is 0 Å². The minimum Gasteiger partial charge on any atom is -0.493 e.